The van der Waals surface area contributed by atoms with E-state index in [1.165, 1.54) is 5.69 Å². The van der Waals surface area contributed by atoms with Gasteiger partial charge in [-0.2, -0.15) is 0 Å². The van der Waals surface area contributed by atoms with Crippen LogP contribution in [0.15, 0.2) is 30.3 Å². The molecule has 20 heavy (non-hydrogen) atoms. The second kappa shape index (κ2) is 6.27. The molecule has 0 aliphatic carbocycles. The third kappa shape index (κ3) is 3.31. The van der Waals surface area contributed by atoms with E-state index in [1.54, 1.807) is 0 Å². The van der Waals surface area contributed by atoms with Gasteiger partial charge in [-0.15, -0.1) is 0 Å². The number of carbonyl (C=O) groups is 1. The van der Waals surface area contributed by atoms with Crippen molar-refractivity contribution in [2.45, 2.75) is 32.2 Å². The Hall–Kier alpha value is -1.55. The number of hydrogen-bond donors (Lipinski definition) is 1. The molecule has 0 saturated carbocycles. The number of carbonyl (C=O) groups excluding carboxylic acids is 1. The monoisotopic (exact) mass is 275 g/mol. The molecule has 110 valence electrons. The van der Waals surface area contributed by atoms with E-state index in [2.05, 4.69) is 24.0 Å². The van der Waals surface area contributed by atoms with E-state index >= 15 is 0 Å². The van der Waals surface area contributed by atoms with Crippen LogP contribution in [-0.4, -0.2) is 42.5 Å². The maximum Gasteiger partial charge on any atom is 0.242 e. The van der Waals surface area contributed by atoms with Crippen LogP contribution in [-0.2, 0) is 4.79 Å². The fourth-order valence-corrected chi connectivity index (χ4v) is 2.79. The molecular weight excluding hydrogens is 250 g/mol. The molecule has 2 rings (SSSR count). The molecule has 1 aromatic carbocycles. The van der Waals surface area contributed by atoms with Crippen LogP contribution in [0, 0.1) is 0 Å². The van der Waals surface area contributed by atoms with Crippen molar-refractivity contribution >= 4 is 11.6 Å². The minimum Gasteiger partial charge on any atom is -0.368 e. The number of hydrogen-bond acceptors (Lipinski definition) is 3. The second-order valence-electron chi connectivity index (χ2n) is 5.78. The minimum atomic E-state index is -0.719. The molecule has 0 aromatic heterocycles. The lowest BCUT2D eigenvalue weighted by Gasteiger charge is -2.39. The SMILES string of the molecule is CCCC(C)(N)C(=O)N1CCN(c2ccccc2)CC1. The Balaban J connectivity index is 1.93. The molecular formula is C16H25N3O. The highest BCUT2D eigenvalue weighted by molar-refractivity contribution is 5.85. The van der Waals surface area contributed by atoms with E-state index in [0.29, 0.717) is 0 Å². The van der Waals surface area contributed by atoms with Crippen molar-refractivity contribution in [1.29, 1.82) is 0 Å². The smallest absolute Gasteiger partial charge is 0.242 e. The molecule has 2 N–H and O–H groups in total. The maximum absolute atomic E-state index is 12.4. The average Bonchev–Trinajstić information content (AvgIpc) is 2.47. The van der Waals surface area contributed by atoms with Gasteiger partial charge in [-0.3, -0.25) is 4.79 Å². The number of benzene rings is 1. The molecule has 0 radical (unpaired) electrons. The Labute approximate surface area is 121 Å². The summed E-state index contributed by atoms with van der Waals surface area (Å²) in [5.74, 6) is 0.0899. The Morgan fingerprint density at radius 1 is 1.20 bits per heavy atom. The Bertz CT molecular complexity index is 436. The van der Waals surface area contributed by atoms with E-state index < -0.39 is 5.54 Å². The second-order valence-corrected chi connectivity index (χ2v) is 5.78. The standard InChI is InChI=1S/C16H25N3O/c1-3-9-16(2,17)15(20)19-12-10-18(11-13-19)14-7-5-4-6-8-14/h4-8H,3,9-13,17H2,1-2H3. The predicted molar refractivity (Wildman–Crippen MR) is 82.7 cm³/mol. The number of rotatable bonds is 4. The Kier molecular flexibility index (Phi) is 4.65. The number of nitrogens with two attached hydrogens (primary N) is 1. The minimum absolute atomic E-state index is 0.0899. The summed E-state index contributed by atoms with van der Waals surface area (Å²) in [6.07, 6.45) is 1.67. The molecule has 1 aromatic rings. The summed E-state index contributed by atoms with van der Waals surface area (Å²) in [5, 5.41) is 0. The molecule has 0 spiro atoms. The summed E-state index contributed by atoms with van der Waals surface area (Å²) in [7, 11) is 0. The topological polar surface area (TPSA) is 49.6 Å². The number of amides is 1. The van der Waals surface area contributed by atoms with Crippen molar-refractivity contribution in [2.24, 2.45) is 5.73 Å². The van der Waals surface area contributed by atoms with Gasteiger partial charge >= 0.3 is 0 Å². The Morgan fingerprint density at radius 2 is 1.80 bits per heavy atom. The van der Waals surface area contributed by atoms with Crippen molar-refractivity contribution in [2.75, 3.05) is 31.1 Å². The molecule has 4 heteroatoms. The maximum atomic E-state index is 12.4. The number of piperazine rings is 1. The zero-order chi connectivity index (χ0) is 14.6. The molecule has 1 saturated heterocycles. The van der Waals surface area contributed by atoms with Gasteiger partial charge in [0.05, 0.1) is 5.54 Å². The van der Waals surface area contributed by atoms with Crippen LogP contribution >= 0.6 is 0 Å². The van der Waals surface area contributed by atoms with Gasteiger partial charge < -0.3 is 15.5 Å². The highest BCUT2D eigenvalue weighted by Gasteiger charge is 2.33. The molecule has 1 aliphatic heterocycles. The van der Waals surface area contributed by atoms with Crippen molar-refractivity contribution in [3.63, 3.8) is 0 Å². The number of para-hydroxylation sites is 1. The normalized spacial score (nSPS) is 18.8. The lowest BCUT2D eigenvalue weighted by molar-refractivity contribution is -0.137. The third-order valence-corrected chi connectivity index (χ3v) is 3.95. The number of anilines is 1. The van der Waals surface area contributed by atoms with Gasteiger partial charge in [0.25, 0.3) is 0 Å². The quantitative estimate of drug-likeness (QED) is 0.912. The molecule has 1 unspecified atom stereocenters. The first kappa shape index (κ1) is 14.9. The lowest BCUT2D eigenvalue weighted by atomic mass is 9.95. The van der Waals surface area contributed by atoms with Gasteiger partial charge in [0.2, 0.25) is 5.91 Å². The first-order valence-corrected chi connectivity index (χ1v) is 7.43. The third-order valence-electron chi connectivity index (χ3n) is 3.95. The zero-order valence-corrected chi connectivity index (χ0v) is 12.5. The van der Waals surface area contributed by atoms with E-state index in [0.717, 1.165) is 39.0 Å². The van der Waals surface area contributed by atoms with Gasteiger partial charge in [-0.25, -0.2) is 0 Å². The van der Waals surface area contributed by atoms with Gasteiger partial charge in [-0.05, 0) is 25.5 Å². The van der Waals surface area contributed by atoms with Gasteiger partial charge in [0.1, 0.15) is 0 Å². The molecule has 1 fully saturated rings. The van der Waals surface area contributed by atoms with Gasteiger partial charge in [0, 0.05) is 31.9 Å². The summed E-state index contributed by atoms with van der Waals surface area (Å²) in [4.78, 5) is 16.7. The summed E-state index contributed by atoms with van der Waals surface area (Å²) < 4.78 is 0. The van der Waals surface area contributed by atoms with E-state index in [-0.39, 0.29) is 5.91 Å². The highest BCUT2D eigenvalue weighted by Crippen LogP contribution is 2.18. The fraction of sp³-hybridized carbons (Fsp3) is 0.562. The van der Waals surface area contributed by atoms with Gasteiger partial charge in [-0.1, -0.05) is 31.5 Å². The van der Waals surface area contributed by atoms with Crippen LogP contribution < -0.4 is 10.6 Å². The molecule has 1 aliphatic rings. The van der Waals surface area contributed by atoms with Crippen LogP contribution in [0.25, 0.3) is 0 Å². The van der Waals surface area contributed by atoms with Crippen molar-refractivity contribution in [3.05, 3.63) is 30.3 Å². The van der Waals surface area contributed by atoms with Crippen LogP contribution in [0.3, 0.4) is 0 Å². The molecule has 1 heterocycles. The summed E-state index contributed by atoms with van der Waals surface area (Å²) in [6, 6.07) is 10.3. The lowest BCUT2D eigenvalue weighted by Crippen LogP contribution is -2.58. The van der Waals surface area contributed by atoms with Crippen LogP contribution in [0.5, 0.6) is 0 Å². The number of nitrogens with zero attached hydrogens (tertiary/aromatic N) is 2. The van der Waals surface area contributed by atoms with E-state index in [9.17, 15) is 4.79 Å². The van der Waals surface area contributed by atoms with Crippen LogP contribution in [0.2, 0.25) is 0 Å². The zero-order valence-electron chi connectivity index (χ0n) is 12.5. The first-order chi connectivity index (χ1) is 9.54. The van der Waals surface area contributed by atoms with E-state index in [4.69, 9.17) is 5.73 Å². The van der Waals surface area contributed by atoms with Crippen LogP contribution in [0.4, 0.5) is 5.69 Å². The summed E-state index contributed by atoms with van der Waals surface area (Å²) in [6.45, 7) is 7.17. The van der Waals surface area contributed by atoms with Crippen molar-refractivity contribution in [3.8, 4) is 0 Å². The average molecular weight is 275 g/mol. The molecule has 0 bridgehead atoms. The summed E-state index contributed by atoms with van der Waals surface area (Å²) >= 11 is 0. The predicted octanol–water partition coefficient (Wildman–Crippen LogP) is 1.85. The van der Waals surface area contributed by atoms with Crippen molar-refractivity contribution < 1.29 is 4.79 Å². The van der Waals surface area contributed by atoms with Crippen LogP contribution in [0.1, 0.15) is 26.7 Å². The highest BCUT2D eigenvalue weighted by atomic mass is 16.2. The van der Waals surface area contributed by atoms with E-state index in [1.807, 2.05) is 30.0 Å². The van der Waals surface area contributed by atoms with Crippen molar-refractivity contribution in [1.82, 2.24) is 4.90 Å². The Morgan fingerprint density at radius 3 is 2.35 bits per heavy atom. The van der Waals surface area contributed by atoms with Gasteiger partial charge in [0.15, 0.2) is 0 Å². The molecule has 4 nitrogen and oxygen atoms in total. The molecule has 1 amide bonds. The summed E-state index contributed by atoms with van der Waals surface area (Å²) in [5.41, 5.74) is 6.65. The largest absolute Gasteiger partial charge is 0.368 e. The fourth-order valence-electron chi connectivity index (χ4n) is 2.79. The first-order valence-electron chi connectivity index (χ1n) is 7.43. The molecule has 1 atom stereocenters.